The Kier molecular flexibility index (Phi) is 6.72. The van der Waals surface area contributed by atoms with Crippen LogP contribution >= 0.6 is 0 Å². The predicted molar refractivity (Wildman–Crippen MR) is 101 cm³/mol. The zero-order valence-corrected chi connectivity index (χ0v) is 15.3. The fourth-order valence-electron chi connectivity index (χ4n) is 2.72. The van der Waals surface area contributed by atoms with Crippen molar-refractivity contribution in [3.63, 3.8) is 0 Å². The number of esters is 1. The molecule has 6 nitrogen and oxygen atoms in total. The normalized spacial score (nSPS) is 12.7. The van der Waals surface area contributed by atoms with E-state index in [0.29, 0.717) is 18.7 Å². The Morgan fingerprint density at radius 1 is 1.19 bits per heavy atom. The Labute approximate surface area is 152 Å². The molecule has 138 valence electrons. The third kappa shape index (κ3) is 4.59. The van der Waals surface area contributed by atoms with Crippen LogP contribution < -0.4 is 5.43 Å². The fourth-order valence-corrected chi connectivity index (χ4v) is 2.72. The molecule has 1 atom stereocenters. The lowest BCUT2D eigenvalue weighted by Gasteiger charge is -2.14. The van der Waals surface area contributed by atoms with Crippen LogP contribution in [-0.2, 0) is 9.53 Å². The molecule has 26 heavy (non-hydrogen) atoms. The van der Waals surface area contributed by atoms with Crippen LogP contribution in [0.15, 0.2) is 41.5 Å². The van der Waals surface area contributed by atoms with Crippen LogP contribution in [0, 0.1) is 5.92 Å². The maximum absolute atomic E-state index is 12.4. The molecule has 0 aliphatic carbocycles. The summed E-state index contributed by atoms with van der Waals surface area (Å²) in [5, 5.41) is 15.8. The smallest absolute Gasteiger partial charge is 0.314 e. The summed E-state index contributed by atoms with van der Waals surface area (Å²) >= 11 is 0. The largest absolute Gasteiger partial charge is 0.507 e. The fraction of sp³-hybridized carbons (Fsp3) is 0.350. The number of aromatic hydroxyl groups is 1. The third-order valence-corrected chi connectivity index (χ3v) is 4.10. The molecule has 2 N–H and O–H groups in total. The molecule has 1 amide bonds. The van der Waals surface area contributed by atoms with E-state index in [1.807, 2.05) is 31.2 Å². The monoisotopic (exact) mass is 356 g/mol. The molecule has 6 heteroatoms. The van der Waals surface area contributed by atoms with E-state index in [0.717, 1.165) is 17.2 Å². The predicted octanol–water partition coefficient (Wildman–Crippen LogP) is 3.63. The van der Waals surface area contributed by atoms with E-state index in [1.54, 1.807) is 26.0 Å². The standard InChI is InChI=1S/C20H24N2O4/c1-4-8-16(20(25)26-5-2)13(3)21-22-19(24)17-11-14-9-6-7-10-15(14)12-18(17)23/h6-7,9-12,16,23H,4-5,8H2,1-3H3,(H,22,24). The summed E-state index contributed by atoms with van der Waals surface area (Å²) in [6.45, 7) is 5.68. The van der Waals surface area contributed by atoms with Crippen molar-refractivity contribution in [1.82, 2.24) is 5.43 Å². The topological polar surface area (TPSA) is 88.0 Å². The summed E-state index contributed by atoms with van der Waals surface area (Å²) in [5.74, 6) is -1.50. The average Bonchev–Trinajstić information content (AvgIpc) is 2.63. The first-order valence-electron chi connectivity index (χ1n) is 8.70. The van der Waals surface area contributed by atoms with Crippen molar-refractivity contribution in [2.75, 3.05) is 6.61 Å². The minimum absolute atomic E-state index is 0.121. The van der Waals surface area contributed by atoms with Gasteiger partial charge in [-0.3, -0.25) is 9.59 Å². The van der Waals surface area contributed by atoms with E-state index in [4.69, 9.17) is 4.74 Å². The van der Waals surface area contributed by atoms with Gasteiger partial charge >= 0.3 is 5.97 Å². The molecule has 0 saturated heterocycles. The second kappa shape index (κ2) is 8.99. The Morgan fingerprint density at radius 3 is 2.46 bits per heavy atom. The number of ether oxygens (including phenoxy) is 1. The highest BCUT2D eigenvalue weighted by Crippen LogP contribution is 2.24. The van der Waals surface area contributed by atoms with Crippen molar-refractivity contribution >= 4 is 28.4 Å². The first-order chi connectivity index (χ1) is 12.5. The number of benzene rings is 2. The van der Waals surface area contributed by atoms with E-state index >= 15 is 0 Å². The van der Waals surface area contributed by atoms with Crippen molar-refractivity contribution in [2.45, 2.75) is 33.6 Å². The van der Waals surface area contributed by atoms with Gasteiger partial charge in [-0.05, 0) is 43.2 Å². The van der Waals surface area contributed by atoms with Gasteiger partial charge in [-0.1, -0.05) is 37.6 Å². The van der Waals surface area contributed by atoms with Crippen molar-refractivity contribution in [2.24, 2.45) is 11.0 Å². The minimum atomic E-state index is -0.535. The van der Waals surface area contributed by atoms with E-state index < -0.39 is 11.8 Å². The molecular weight excluding hydrogens is 332 g/mol. The lowest BCUT2D eigenvalue weighted by atomic mass is 9.99. The summed E-state index contributed by atoms with van der Waals surface area (Å²) in [6.07, 6.45) is 1.38. The van der Waals surface area contributed by atoms with Gasteiger partial charge in [-0.2, -0.15) is 5.10 Å². The van der Waals surface area contributed by atoms with Crippen LogP contribution in [0.25, 0.3) is 10.8 Å². The number of nitrogens with zero attached hydrogens (tertiary/aromatic N) is 1. The van der Waals surface area contributed by atoms with E-state index in [2.05, 4.69) is 10.5 Å². The number of amides is 1. The van der Waals surface area contributed by atoms with Gasteiger partial charge < -0.3 is 9.84 Å². The molecule has 0 fully saturated rings. The maximum Gasteiger partial charge on any atom is 0.314 e. The average molecular weight is 356 g/mol. The van der Waals surface area contributed by atoms with Crippen molar-refractivity contribution in [1.29, 1.82) is 0 Å². The van der Waals surface area contributed by atoms with Gasteiger partial charge in [-0.25, -0.2) is 5.43 Å². The Morgan fingerprint density at radius 2 is 1.85 bits per heavy atom. The number of nitrogens with one attached hydrogen (secondary N) is 1. The van der Waals surface area contributed by atoms with Crippen LogP contribution in [0.5, 0.6) is 5.75 Å². The van der Waals surface area contributed by atoms with Gasteiger partial charge in [0.1, 0.15) is 5.75 Å². The number of hydrogen-bond donors (Lipinski definition) is 2. The molecule has 0 aliphatic rings. The quantitative estimate of drug-likeness (QED) is 0.450. The van der Waals surface area contributed by atoms with Gasteiger partial charge in [0.25, 0.3) is 5.91 Å². The second-order valence-corrected chi connectivity index (χ2v) is 6.00. The van der Waals surface area contributed by atoms with Crippen molar-refractivity contribution < 1.29 is 19.4 Å². The molecule has 1 unspecified atom stereocenters. The Hall–Kier alpha value is -2.89. The lowest BCUT2D eigenvalue weighted by Crippen LogP contribution is -2.28. The van der Waals surface area contributed by atoms with Crippen molar-refractivity contribution in [3.05, 3.63) is 42.0 Å². The molecule has 0 spiro atoms. The molecule has 0 saturated carbocycles. The SMILES string of the molecule is CCCC(C(=O)OCC)C(C)=NNC(=O)c1cc2ccccc2cc1O. The van der Waals surface area contributed by atoms with Gasteiger partial charge in [0.05, 0.1) is 18.1 Å². The van der Waals surface area contributed by atoms with Crippen LogP contribution in [0.2, 0.25) is 0 Å². The number of phenolic OH excluding ortho intramolecular Hbond substituents is 1. The molecule has 0 aromatic heterocycles. The molecule has 0 aliphatic heterocycles. The maximum atomic E-state index is 12.4. The molecule has 2 aromatic rings. The van der Waals surface area contributed by atoms with Crippen LogP contribution in [-0.4, -0.2) is 29.3 Å². The summed E-state index contributed by atoms with van der Waals surface area (Å²) in [5.41, 5.74) is 3.02. The zero-order valence-electron chi connectivity index (χ0n) is 15.3. The molecule has 0 bridgehead atoms. The number of hydrogen-bond acceptors (Lipinski definition) is 5. The second-order valence-electron chi connectivity index (χ2n) is 6.00. The summed E-state index contributed by atoms with van der Waals surface area (Å²) in [4.78, 5) is 24.4. The summed E-state index contributed by atoms with van der Waals surface area (Å²) in [7, 11) is 0. The highest BCUT2D eigenvalue weighted by atomic mass is 16.5. The highest BCUT2D eigenvalue weighted by molar-refractivity contribution is 6.04. The first-order valence-corrected chi connectivity index (χ1v) is 8.70. The number of fused-ring (bicyclic) bond motifs is 1. The number of phenols is 1. The molecule has 0 heterocycles. The first kappa shape index (κ1) is 19.4. The van der Waals surface area contributed by atoms with Gasteiger partial charge in [0.2, 0.25) is 0 Å². The summed E-state index contributed by atoms with van der Waals surface area (Å²) in [6, 6.07) is 10.6. The van der Waals surface area contributed by atoms with Crippen LogP contribution in [0.1, 0.15) is 44.0 Å². The van der Waals surface area contributed by atoms with Gasteiger partial charge in [0, 0.05) is 5.71 Å². The van der Waals surface area contributed by atoms with Crippen LogP contribution in [0.4, 0.5) is 0 Å². The highest BCUT2D eigenvalue weighted by Gasteiger charge is 2.22. The number of carbonyl (C=O) groups excluding carboxylic acids is 2. The van der Waals surface area contributed by atoms with E-state index in [9.17, 15) is 14.7 Å². The molecule has 0 radical (unpaired) electrons. The lowest BCUT2D eigenvalue weighted by molar-refractivity contribution is -0.145. The van der Waals surface area contributed by atoms with E-state index in [1.165, 1.54) is 0 Å². The third-order valence-electron chi connectivity index (χ3n) is 4.10. The minimum Gasteiger partial charge on any atom is -0.507 e. The molecular formula is C20H24N2O4. The number of carbonyl (C=O) groups is 2. The van der Waals surface area contributed by atoms with Gasteiger partial charge in [0.15, 0.2) is 0 Å². The Bertz CT molecular complexity index is 830. The summed E-state index contributed by atoms with van der Waals surface area (Å²) < 4.78 is 5.06. The van der Waals surface area contributed by atoms with Crippen molar-refractivity contribution in [3.8, 4) is 5.75 Å². The molecule has 2 rings (SSSR count). The number of rotatable bonds is 7. The Balaban J connectivity index is 2.19. The molecule has 2 aromatic carbocycles. The van der Waals surface area contributed by atoms with E-state index in [-0.39, 0.29) is 17.3 Å². The van der Waals surface area contributed by atoms with Gasteiger partial charge in [-0.15, -0.1) is 0 Å². The number of hydrazone groups is 1. The zero-order chi connectivity index (χ0) is 19.1. The van der Waals surface area contributed by atoms with Crippen LogP contribution in [0.3, 0.4) is 0 Å².